The Morgan fingerprint density at radius 3 is 2.48 bits per heavy atom. The summed E-state index contributed by atoms with van der Waals surface area (Å²) in [6.07, 6.45) is 0.273. The molecule has 0 fully saturated rings. The Hall–Kier alpha value is -2.95. The quantitative estimate of drug-likeness (QED) is 0.948. The molecule has 0 bridgehead atoms. The van der Waals surface area contributed by atoms with Gasteiger partial charge in [0.15, 0.2) is 11.5 Å². The Balaban J connectivity index is 1.81. The van der Waals surface area contributed by atoms with Crippen molar-refractivity contribution in [3.05, 3.63) is 60.2 Å². The normalized spacial score (nSPS) is 14.4. The zero-order valence-corrected chi connectivity index (χ0v) is 12.8. The molecule has 116 valence electrons. The molecule has 2 aromatic rings. The van der Waals surface area contributed by atoms with Crippen LogP contribution in [0.15, 0.2) is 59.7 Å². The third-order valence-corrected chi connectivity index (χ3v) is 3.61. The van der Waals surface area contributed by atoms with Crippen LogP contribution in [-0.4, -0.2) is 23.9 Å². The van der Waals surface area contributed by atoms with E-state index < -0.39 is 5.91 Å². The van der Waals surface area contributed by atoms with Crippen LogP contribution >= 0.6 is 0 Å². The summed E-state index contributed by atoms with van der Waals surface area (Å²) in [7, 11) is 0. The van der Waals surface area contributed by atoms with Crippen LogP contribution in [0.5, 0.6) is 0 Å². The lowest BCUT2D eigenvalue weighted by atomic mass is 10.1. The molecule has 3 rings (SSSR count). The number of Topliss-reactive ketones (excluding diaryl/α,β-unsaturated/α-hetero) is 1. The smallest absolute Gasteiger partial charge is 0.279 e. The van der Waals surface area contributed by atoms with Crippen molar-refractivity contribution in [2.24, 2.45) is 5.10 Å². The van der Waals surface area contributed by atoms with E-state index >= 15 is 0 Å². The number of hydrogen-bond acceptors (Lipinski definition) is 4. The van der Waals surface area contributed by atoms with Gasteiger partial charge in [-0.1, -0.05) is 35.9 Å². The van der Waals surface area contributed by atoms with Crippen molar-refractivity contribution < 1.29 is 9.59 Å². The van der Waals surface area contributed by atoms with Crippen molar-refractivity contribution in [1.29, 1.82) is 0 Å². The monoisotopic (exact) mass is 307 g/mol. The van der Waals surface area contributed by atoms with Crippen LogP contribution in [0.3, 0.4) is 0 Å². The van der Waals surface area contributed by atoms with E-state index in [1.807, 2.05) is 49.4 Å². The first-order valence-electron chi connectivity index (χ1n) is 7.46. The standard InChI is InChI=1S/C18H17N3O2/c1-13-7-9-14(10-8-13)19-18(23)17-16(22)11-12-21(20-17)15-5-3-2-4-6-15/h2-10H,11-12H2,1H3,(H,19,23). The van der Waals surface area contributed by atoms with Crippen molar-refractivity contribution in [1.82, 2.24) is 0 Å². The molecule has 0 aromatic heterocycles. The molecule has 5 nitrogen and oxygen atoms in total. The Morgan fingerprint density at radius 2 is 1.78 bits per heavy atom. The average molecular weight is 307 g/mol. The first kappa shape index (κ1) is 15.0. The molecule has 2 aromatic carbocycles. The molecule has 0 aliphatic carbocycles. The van der Waals surface area contributed by atoms with Crippen LogP contribution in [0, 0.1) is 6.92 Å². The van der Waals surface area contributed by atoms with Crippen LogP contribution in [0.1, 0.15) is 12.0 Å². The summed E-state index contributed by atoms with van der Waals surface area (Å²) in [4.78, 5) is 24.4. The van der Waals surface area contributed by atoms with Crippen molar-refractivity contribution in [3.63, 3.8) is 0 Å². The van der Waals surface area contributed by atoms with Crippen LogP contribution in [0.4, 0.5) is 11.4 Å². The molecular formula is C18H17N3O2. The molecule has 0 saturated carbocycles. The Kier molecular flexibility index (Phi) is 4.19. The predicted molar refractivity (Wildman–Crippen MR) is 90.7 cm³/mol. The first-order valence-corrected chi connectivity index (χ1v) is 7.46. The summed E-state index contributed by atoms with van der Waals surface area (Å²) in [5, 5.41) is 8.65. The molecule has 1 aliphatic rings. The highest BCUT2D eigenvalue weighted by Crippen LogP contribution is 2.18. The molecule has 23 heavy (non-hydrogen) atoms. The summed E-state index contributed by atoms with van der Waals surface area (Å²) < 4.78 is 0. The minimum Gasteiger partial charge on any atom is -0.320 e. The van der Waals surface area contributed by atoms with Gasteiger partial charge in [-0.05, 0) is 31.2 Å². The topological polar surface area (TPSA) is 61.8 Å². The highest BCUT2D eigenvalue weighted by atomic mass is 16.2. The number of nitrogens with one attached hydrogen (secondary N) is 1. The fraction of sp³-hybridized carbons (Fsp3) is 0.167. The van der Waals surface area contributed by atoms with Crippen molar-refractivity contribution >= 4 is 28.8 Å². The van der Waals surface area contributed by atoms with Gasteiger partial charge in [0, 0.05) is 18.7 Å². The number of ketones is 1. The summed E-state index contributed by atoms with van der Waals surface area (Å²) in [5.41, 5.74) is 2.55. The highest BCUT2D eigenvalue weighted by molar-refractivity contribution is 6.68. The number of hydrogen-bond donors (Lipinski definition) is 1. The number of carbonyl (C=O) groups excluding carboxylic acids is 2. The lowest BCUT2D eigenvalue weighted by molar-refractivity contribution is -0.115. The number of rotatable bonds is 3. The van der Waals surface area contributed by atoms with Gasteiger partial charge in [0.1, 0.15) is 0 Å². The molecular weight excluding hydrogens is 290 g/mol. The van der Waals surface area contributed by atoms with Gasteiger partial charge in [-0.15, -0.1) is 0 Å². The molecule has 1 heterocycles. The van der Waals surface area contributed by atoms with Gasteiger partial charge >= 0.3 is 0 Å². The number of benzene rings is 2. The molecule has 0 unspecified atom stereocenters. The summed E-state index contributed by atoms with van der Waals surface area (Å²) in [6.45, 7) is 2.45. The lowest BCUT2D eigenvalue weighted by Gasteiger charge is -2.24. The van der Waals surface area contributed by atoms with Crippen LogP contribution in [0.2, 0.25) is 0 Å². The maximum Gasteiger partial charge on any atom is 0.279 e. The Bertz CT molecular complexity index is 752. The van der Waals surface area contributed by atoms with Gasteiger partial charge in [0.25, 0.3) is 5.91 Å². The molecule has 0 radical (unpaired) electrons. The van der Waals surface area contributed by atoms with Crippen molar-refractivity contribution in [2.75, 3.05) is 16.9 Å². The van der Waals surface area contributed by atoms with Gasteiger partial charge in [-0.3, -0.25) is 14.6 Å². The van der Waals surface area contributed by atoms with Gasteiger partial charge in [0.2, 0.25) is 0 Å². The minimum atomic E-state index is -0.473. The Labute approximate surface area is 134 Å². The number of para-hydroxylation sites is 1. The highest BCUT2D eigenvalue weighted by Gasteiger charge is 2.26. The first-order chi connectivity index (χ1) is 11.1. The van der Waals surface area contributed by atoms with Gasteiger partial charge < -0.3 is 5.32 Å². The Morgan fingerprint density at radius 1 is 1.09 bits per heavy atom. The summed E-state index contributed by atoms with van der Waals surface area (Å²) in [6, 6.07) is 16.9. The second kappa shape index (κ2) is 6.44. The molecule has 0 atom stereocenters. The molecule has 5 heteroatoms. The van der Waals surface area contributed by atoms with Gasteiger partial charge in [-0.25, -0.2) is 0 Å². The predicted octanol–water partition coefficient (Wildman–Crippen LogP) is 2.77. The largest absolute Gasteiger partial charge is 0.320 e. The molecule has 1 aliphatic heterocycles. The van der Waals surface area contributed by atoms with Crippen LogP contribution in [0.25, 0.3) is 0 Å². The van der Waals surface area contributed by atoms with E-state index in [1.54, 1.807) is 17.1 Å². The number of hydrazone groups is 1. The SMILES string of the molecule is Cc1ccc(NC(=O)C2=NN(c3ccccc3)CCC2=O)cc1. The molecule has 0 saturated heterocycles. The fourth-order valence-corrected chi connectivity index (χ4v) is 2.34. The maximum absolute atomic E-state index is 12.4. The van der Waals surface area contributed by atoms with Crippen LogP contribution < -0.4 is 10.3 Å². The zero-order valence-electron chi connectivity index (χ0n) is 12.8. The number of aryl methyl sites for hydroxylation is 1. The summed E-state index contributed by atoms with van der Waals surface area (Å²) in [5.74, 6) is -0.707. The third kappa shape index (κ3) is 3.45. The number of nitrogens with zero attached hydrogens (tertiary/aromatic N) is 2. The molecule has 1 N–H and O–H groups in total. The second-order valence-electron chi connectivity index (χ2n) is 5.40. The van der Waals surface area contributed by atoms with E-state index in [2.05, 4.69) is 10.4 Å². The van der Waals surface area contributed by atoms with E-state index in [0.29, 0.717) is 12.2 Å². The fourth-order valence-electron chi connectivity index (χ4n) is 2.34. The second-order valence-corrected chi connectivity index (χ2v) is 5.40. The zero-order chi connectivity index (χ0) is 16.2. The summed E-state index contributed by atoms with van der Waals surface area (Å²) >= 11 is 0. The van der Waals surface area contributed by atoms with E-state index in [0.717, 1.165) is 11.3 Å². The lowest BCUT2D eigenvalue weighted by Crippen LogP contribution is -2.39. The number of anilines is 2. The molecule has 0 spiro atoms. The average Bonchev–Trinajstić information content (AvgIpc) is 2.58. The van der Waals surface area contributed by atoms with Gasteiger partial charge in [-0.2, -0.15) is 5.10 Å². The van der Waals surface area contributed by atoms with Crippen molar-refractivity contribution in [3.8, 4) is 0 Å². The third-order valence-electron chi connectivity index (χ3n) is 3.61. The van der Waals surface area contributed by atoms with Crippen molar-refractivity contribution in [2.45, 2.75) is 13.3 Å². The van der Waals surface area contributed by atoms with E-state index in [-0.39, 0.29) is 17.9 Å². The van der Waals surface area contributed by atoms with E-state index in [1.165, 1.54) is 0 Å². The maximum atomic E-state index is 12.4. The number of amides is 1. The van der Waals surface area contributed by atoms with E-state index in [9.17, 15) is 9.59 Å². The van der Waals surface area contributed by atoms with Crippen LogP contribution in [-0.2, 0) is 9.59 Å². The minimum absolute atomic E-state index is 0.0549. The molecule has 1 amide bonds. The van der Waals surface area contributed by atoms with E-state index in [4.69, 9.17) is 0 Å². The van der Waals surface area contributed by atoms with Gasteiger partial charge in [0.05, 0.1) is 5.69 Å². The number of carbonyl (C=O) groups is 2.